The Labute approximate surface area is 138 Å². The molecule has 0 spiro atoms. The third-order valence-electron chi connectivity index (χ3n) is 4.31. The predicted octanol–water partition coefficient (Wildman–Crippen LogP) is 5.46. The standard InChI is InChI=1S/C21H23NO/c1-17(23)9-3-2-8-16-22-20-12-6-4-10-18(20)14-15-19-11-5-7-13-21(19)22/h4-7,10-15H,2-3,8-9,16H2,1H3. The zero-order valence-electron chi connectivity index (χ0n) is 13.7. The Hall–Kier alpha value is -2.35. The summed E-state index contributed by atoms with van der Waals surface area (Å²) in [4.78, 5) is 13.5. The van der Waals surface area contributed by atoms with Crippen molar-refractivity contribution in [3.05, 3.63) is 59.7 Å². The summed E-state index contributed by atoms with van der Waals surface area (Å²) in [5.41, 5.74) is 5.04. The summed E-state index contributed by atoms with van der Waals surface area (Å²) in [6.45, 7) is 2.65. The van der Waals surface area contributed by atoms with Gasteiger partial charge in [-0.2, -0.15) is 0 Å². The van der Waals surface area contributed by atoms with Crippen LogP contribution in [-0.2, 0) is 4.79 Å². The number of benzene rings is 2. The average molecular weight is 305 g/mol. The van der Waals surface area contributed by atoms with Crippen molar-refractivity contribution in [2.24, 2.45) is 0 Å². The molecule has 118 valence electrons. The van der Waals surface area contributed by atoms with E-state index in [2.05, 4.69) is 65.6 Å². The molecular weight excluding hydrogens is 282 g/mol. The van der Waals surface area contributed by atoms with Gasteiger partial charge in [0.1, 0.15) is 5.78 Å². The first kappa shape index (κ1) is 15.5. The van der Waals surface area contributed by atoms with E-state index in [0.717, 1.165) is 25.8 Å². The molecule has 2 nitrogen and oxygen atoms in total. The second-order valence-corrected chi connectivity index (χ2v) is 6.12. The van der Waals surface area contributed by atoms with Crippen LogP contribution in [0.5, 0.6) is 0 Å². The molecule has 2 aromatic rings. The molecular formula is C21H23NO. The van der Waals surface area contributed by atoms with Crippen LogP contribution in [0.2, 0.25) is 0 Å². The van der Waals surface area contributed by atoms with Crippen molar-refractivity contribution in [3.63, 3.8) is 0 Å². The van der Waals surface area contributed by atoms with Gasteiger partial charge in [-0.15, -0.1) is 0 Å². The fourth-order valence-corrected chi connectivity index (χ4v) is 3.12. The molecule has 0 saturated carbocycles. The van der Waals surface area contributed by atoms with Crippen LogP contribution in [-0.4, -0.2) is 12.3 Å². The molecule has 2 heteroatoms. The smallest absolute Gasteiger partial charge is 0.129 e. The summed E-state index contributed by atoms with van der Waals surface area (Å²) in [6, 6.07) is 17.1. The van der Waals surface area contributed by atoms with Gasteiger partial charge >= 0.3 is 0 Å². The highest BCUT2D eigenvalue weighted by atomic mass is 16.1. The zero-order valence-corrected chi connectivity index (χ0v) is 13.7. The van der Waals surface area contributed by atoms with Gasteiger partial charge in [-0.3, -0.25) is 0 Å². The maximum atomic E-state index is 11.1. The number of unbranched alkanes of at least 4 members (excludes halogenated alkanes) is 2. The monoisotopic (exact) mass is 305 g/mol. The number of hydrogen-bond acceptors (Lipinski definition) is 2. The number of nitrogens with zero attached hydrogens (tertiary/aromatic N) is 1. The van der Waals surface area contributed by atoms with Crippen LogP contribution in [0.15, 0.2) is 48.5 Å². The van der Waals surface area contributed by atoms with Crippen LogP contribution in [0.25, 0.3) is 12.2 Å². The largest absolute Gasteiger partial charge is 0.341 e. The van der Waals surface area contributed by atoms with Gasteiger partial charge in [0, 0.05) is 24.3 Å². The van der Waals surface area contributed by atoms with Crippen molar-refractivity contribution in [1.29, 1.82) is 0 Å². The summed E-state index contributed by atoms with van der Waals surface area (Å²) >= 11 is 0. The molecule has 0 atom stereocenters. The molecule has 0 amide bonds. The maximum Gasteiger partial charge on any atom is 0.129 e. The Kier molecular flexibility index (Phi) is 4.92. The van der Waals surface area contributed by atoms with Crippen LogP contribution in [0.3, 0.4) is 0 Å². The molecule has 23 heavy (non-hydrogen) atoms. The van der Waals surface area contributed by atoms with Gasteiger partial charge in [0.15, 0.2) is 0 Å². The summed E-state index contributed by atoms with van der Waals surface area (Å²) in [5, 5.41) is 0. The molecule has 0 radical (unpaired) electrons. The van der Waals surface area contributed by atoms with Crippen molar-refractivity contribution in [2.45, 2.75) is 32.6 Å². The molecule has 0 aliphatic carbocycles. The van der Waals surface area contributed by atoms with E-state index >= 15 is 0 Å². The van der Waals surface area contributed by atoms with E-state index in [1.165, 1.54) is 22.5 Å². The topological polar surface area (TPSA) is 20.3 Å². The van der Waals surface area contributed by atoms with E-state index < -0.39 is 0 Å². The molecule has 0 bridgehead atoms. The average Bonchev–Trinajstić information content (AvgIpc) is 2.72. The number of anilines is 2. The molecule has 1 aliphatic rings. The number of carbonyl (C=O) groups is 1. The van der Waals surface area contributed by atoms with E-state index in [1.54, 1.807) is 6.92 Å². The van der Waals surface area contributed by atoms with Crippen molar-refractivity contribution < 1.29 is 4.79 Å². The highest BCUT2D eigenvalue weighted by Crippen LogP contribution is 2.36. The lowest BCUT2D eigenvalue weighted by Gasteiger charge is -2.27. The third-order valence-corrected chi connectivity index (χ3v) is 4.31. The van der Waals surface area contributed by atoms with E-state index in [4.69, 9.17) is 0 Å². The Morgan fingerprint density at radius 3 is 1.96 bits per heavy atom. The highest BCUT2D eigenvalue weighted by molar-refractivity contribution is 5.88. The van der Waals surface area contributed by atoms with Gasteiger partial charge in [0.25, 0.3) is 0 Å². The molecule has 0 fully saturated rings. The predicted molar refractivity (Wildman–Crippen MR) is 98.0 cm³/mol. The third kappa shape index (κ3) is 3.70. The molecule has 0 unspecified atom stereocenters. The molecule has 3 rings (SSSR count). The lowest BCUT2D eigenvalue weighted by Crippen LogP contribution is -2.19. The van der Waals surface area contributed by atoms with Gasteiger partial charge in [0.2, 0.25) is 0 Å². The fourth-order valence-electron chi connectivity index (χ4n) is 3.12. The van der Waals surface area contributed by atoms with Gasteiger partial charge in [-0.25, -0.2) is 0 Å². The zero-order chi connectivity index (χ0) is 16.1. The number of rotatable bonds is 6. The summed E-state index contributed by atoms with van der Waals surface area (Å²) < 4.78 is 0. The van der Waals surface area contributed by atoms with E-state index in [9.17, 15) is 4.79 Å². The quantitative estimate of drug-likeness (QED) is 0.661. The Bertz CT molecular complexity index is 668. The normalized spacial score (nSPS) is 12.5. The van der Waals surface area contributed by atoms with Gasteiger partial charge in [0.05, 0.1) is 0 Å². The van der Waals surface area contributed by atoms with E-state index in [-0.39, 0.29) is 0 Å². The summed E-state index contributed by atoms with van der Waals surface area (Å²) in [6.07, 6.45) is 8.27. The minimum absolute atomic E-state index is 0.291. The molecule has 1 aliphatic heterocycles. The van der Waals surface area contributed by atoms with Crippen LogP contribution >= 0.6 is 0 Å². The lowest BCUT2D eigenvalue weighted by atomic mass is 10.1. The maximum absolute atomic E-state index is 11.1. The van der Waals surface area contributed by atoms with Crippen molar-refractivity contribution >= 4 is 29.3 Å². The number of fused-ring (bicyclic) bond motifs is 2. The Morgan fingerprint density at radius 2 is 1.39 bits per heavy atom. The first-order chi connectivity index (χ1) is 11.3. The van der Waals surface area contributed by atoms with Gasteiger partial charge in [-0.05, 0) is 43.0 Å². The number of Topliss-reactive ketones (excluding diaryl/α,β-unsaturated/α-hetero) is 1. The van der Waals surface area contributed by atoms with E-state index in [1.807, 2.05) is 0 Å². The van der Waals surface area contributed by atoms with Gasteiger partial charge in [-0.1, -0.05) is 55.0 Å². The van der Waals surface area contributed by atoms with Crippen molar-refractivity contribution in [1.82, 2.24) is 0 Å². The van der Waals surface area contributed by atoms with Crippen LogP contribution in [0, 0.1) is 0 Å². The Morgan fingerprint density at radius 1 is 0.826 bits per heavy atom. The SMILES string of the molecule is CC(=O)CCCCCN1c2ccccc2C=Cc2ccccc21. The summed E-state index contributed by atoms with van der Waals surface area (Å²) in [5.74, 6) is 0.291. The van der Waals surface area contributed by atoms with E-state index in [0.29, 0.717) is 12.2 Å². The lowest BCUT2D eigenvalue weighted by molar-refractivity contribution is -0.117. The molecule has 0 N–H and O–H groups in total. The highest BCUT2D eigenvalue weighted by Gasteiger charge is 2.16. The Balaban J connectivity index is 1.80. The number of hydrogen-bond donors (Lipinski definition) is 0. The first-order valence-electron chi connectivity index (χ1n) is 8.39. The van der Waals surface area contributed by atoms with Crippen molar-refractivity contribution in [2.75, 3.05) is 11.4 Å². The first-order valence-corrected chi connectivity index (χ1v) is 8.39. The summed E-state index contributed by atoms with van der Waals surface area (Å²) in [7, 11) is 0. The number of para-hydroxylation sites is 2. The molecule has 0 aromatic heterocycles. The second-order valence-electron chi connectivity index (χ2n) is 6.12. The van der Waals surface area contributed by atoms with Crippen LogP contribution < -0.4 is 4.90 Å². The fraction of sp³-hybridized carbons (Fsp3) is 0.286. The minimum atomic E-state index is 0.291. The second kappa shape index (κ2) is 7.28. The van der Waals surface area contributed by atoms with Crippen molar-refractivity contribution in [3.8, 4) is 0 Å². The van der Waals surface area contributed by atoms with Crippen LogP contribution in [0.4, 0.5) is 11.4 Å². The minimum Gasteiger partial charge on any atom is -0.341 e. The van der Waals surface area contributed by atoms with Crippen LogP contribution in [0.1, 0.15) is 43.7 Å². The van der Waals surface area contributed by atoms with Gasteiger partial charge < -0.3 is 9.69 Å². The molecule has 0 saturated heterocycles. The number of ketones is 1. The number of carbonyl (C=O) groups excluding carboxylic acids is 1. The molecule has 1 heterocycles. The molecule has 2 aromatic carbocycles.